The van der Waals surface area contributed by atoms with Crippen molar-refractivity contribution >= 4 is 59.4 Å². The van der Waals surface area contributed by atoms with Crippen molar-refractivity contribution in [1.29, 1.82) is 0 Å². The number of hydrogen-bond acceptors (Lipinski definition) is 10. The van der Waals surface area contributed by atoms with Gasteiger partial charge in [0.25, 0.3) is 12.3 Å². The minimum absolute atomic E-state index is 0.00431. The van der Waals surface area contributed by atoms with Gasteiger partial charge in [-0.1, -0.05) is 24.3 Å². The summed E-state index contributed by atoms with van der Waals surface area (Å²) >= 11 is 0. The van der Waals surface area contributed by atoms with E-state index in [4.69, 9.17) is 9.97 Å². The number of anilines is 2. The fourth-order valence-electron chi connectivity index (χ4n) is 8.69. The highest BCUT2D eigenvalue weighted by molar-refractivity contribution is 7.92. The van der Waals surface area contributed by atoms with Crippen LogP contribution < -0.4 is 14.8 Å². The summed E-state index contributed by atoms with van der Waals surface area (Å²) in [5.41, 5.74) is -0.271. The molecule has 2 aliphatic carbocycles. The maximum Gasteiger partial charge on any atom is 0.293 e. The highest BCUT2D eigenvalue weighted by Crippen LogP contribution is 2.68. The van der Waals surface area contributed by atoms with Gasteiger partial charge in [0.2, 0.25) is 26.0 Å². The quantitative estimate of drug-likeness (QED) is 0.114. The number of aryl methyl sites for hydroxylation is 2. The minimum atomic E-state index is -3.84. The lowest BCUT2D eigenvalue weighted by atomic mass is 9.96. The van der Waals surface area contributed by atoms with E-state index in [2.05, 4.69) is 30.1 Å². The molecule has 7 aromatic rings. The van der Waals surface area contributed by atoms with Gasteiger partial charge >= 0.3 is 0 Å². The molecule has 3 N–H and O–H groups in total. The first kappa shape index (κ1) is 42.7. The molecule has 0 saturated heterocycles. The van der Waals surface area contributed by atoms with Crippen molar-refractivity contribution in [3.8, 4) is 22.5 Å². The summed E-state index contributed by atoms with van der Waals surface area (Å²) < 4.78 is 146. The van der Waals surface area contributed by atoms with Gasteiger partial charge < -0.3 is 5.32 Å². The number of fused-ring (bicyclic) bond motifs is 5. The van der Waals surface area contributed by atoms with E-state index in [1.165, 1.54) is 22.6 Å². The number of halogens is 6. The molecule has 1 fully saturated rings. The fourth-order valence-corrected chi connectivity index (χ4v) is 9.69. The highest BCUT2D eigenvalue weighted by atomic mass is 32.2. The smallest absolute Gasteiger partial charge is 0.293 e. The number of nitrogens with zero attached hydrogens (tertiary/aromatic N) is 8. The van der Waals surface area contributed by atoms with E-state index in [0.29, 0.717) is 38.1 Å². The first-order valence-corrected chi connectivity index (χ1v) is 23.1. The standard InChI is InChI=1S/C40H35F6N11O5S2/c1-55-34-21(7-5-9-23(34)38(51-55)53-63(3,59)60)28-16-47-32(31(49-28)22-8-6-10-24-35(22)56(2)52-39(24)54-64(4,61)62)27(13-18-11-19(41)14-20(42)12-18)48-29(58)17-57-36-30(33(50-57)37(43)44)25-15-26(25)40(36,45)46/h5-12,14,16,25-27,37H,13,15,17H2,1-4H3,(H,48,58)(H,51,53)(H,52,54)/t25-,26+,27-/m0/s1. The molecule has 0 radical (unpaired) electrons. The van der Waals surface area contributed by atoms with E-state index in [1.807, 2.05) is 0 Å². The van der Waals surface area contributed by atoms with E-state index in [9.17, 15) is 39.2 Å². The molecular formula is C40H35F6N11O5S2. The van der Waals surface area contributed by atoms with Gasteiger partial charge in [-0.15, -0.1) is 0 Å². The van der Waals surface area contributed by atoms with Crippen LogP contribution in [-0.2, 0) is 57.8 Å². The number of nitrogens with one attached hydrogen (secondary N) is 3. The zero-order valence-corrected chi connectivity index (χ0v) is 35.5. The number of sulfonamides is 2. The van der Waals surface area contributed by atoms with Crippen molar-refractivity contribution in [2.24, 2.45) is 20.0 Å². The molecule has 4 heterocycles. The molecule has 334 valence electrons. The van der Waals surface area contributed by atoms with E-state index in [1.54, 1.807) is 43.4 Å². The molecule has 1 saturated carbocycles. The first-order valence-electron chi connectivity index (χ1n) is 19.3. The Morgan fingerprint density at radius 2 is 1.42 bits per heavy atom. The van der Waals surface area contributed by atoms with Crippen LogP contribution in [0.2, 0.25) is 0 Å². The summed E-state index contributed by atoms with van der Waals surface area (Å²) in [5.74, 6) is -8.45. The van der Waals surface area contributed by atoms with Crippen molar-refractivity contribution in [3.05, 3.63) is 101 Å². The monoisotopic (exact) mass is 927 g/mol. The number of rotatable bonds is 13. The van der Waals surface area contributed by atoms with Crippen LogP contribution in [-0.4, -0.2) is 74.6 Å². The predicted octanol–water partition coefficient (Wildman–Crippen LogP) is 6.05. The Morgan fingerprint density at radius 1 is 0.844 bits per heavy atom. The zero-order valence-electron chi connectivity index (χ0n) is 33.9. The van der Waals surface area contributed by atoms with Gasteiger partial charge in [0.05, 0.1) is 52.9 Å². The number of aromatic nitrogens is 8. The molecule has 0 unspecified atom stereocenters. The summed E-state index contributed by atoms with van der Waals surface area (Å²) in [7, 11) is -4.48. The van der Waals surface area contributed by atoms with Gasteiger partial charge in [-0.05, 0) is 48.6 Å². The van der Waals surface area contributed by atoms with Gasteiger partial charge in [0.15, 0.2) is 11.6 Å². The van der Waals surface area contributed by atoms with Crippen LogP contribution in [0.1, 0.15) is 53.0 Å². The summed E-state index contributed by atoms with van der Waals surface area (Å²) in [6, 6.07) is 11.0. The molecular weight excluding hydrogens is 893 g/mol. The van der Waals surface area contributed by atoms with E-state index in [-0.39, 0.29) is 58.2 Å². The molecule has 4 aromatic heterocycles. The number of benzene rings is 3. The summed E-state index contributed by atoms with van der Waals surface area (Å²) in [6.07, 6.45) is -0.318. The number of carbonyl (C=O) groups is 1. The van der Waals surface area contributed by atoms with Gasteiger partial charge in [-0.25, -0.2) is 39.4 Å². The second-order valence-corrected chi connectivity index (χ2v) is 19.4. The van der Waals surface area contributed by atoms with Crippen LogP contribution in [0.25, 0.3) is 44.3 Å². The van der Waals surface area contributed by atoms with E-state index >= 15 is 8.78 Å². The maximum atomic E-state index is 15.5. The number of amides is 1. The predicted molar refractivity (Wildman–Crippen MR) is 221 cm³/mol. The van der Waals surface area contributed by atoms with Crippen LogP contribution in [0.4, 0.5) is 38.0 Å². The molecule has 9 rings (SSSR count). The first-order chi connectivity index (χ1) is 30.1. The normalized spacial score (nSPS) is 17.2. The van der Waals surface area contributed by atoms with Gasteiger partial charge in [0, 0.05) is 53.5 Å². The molecule has 24 heteroatoms. The Bertz CT molecular complexity index is 3300. The molecule has 16 nitrogen and oxygen atoms in total. The summed E-state index contributed by atoms with van der Waals surface area (Å²) in [6.45, 7) is -0.941. The Kier molecular flexibility index (Phi) is 10.0. The number of carbonyl (C=O) groups excluding carboxylic acids is 1. The van der Waals surface area contributed by atoms with E-state index in [0.717, 1.165) is 24.6 Å². The number of alkyl halides is 4. The number of para-hydroxylation sites is 2. The van der Waals surface area contributed by atoms with E-state index < -0.39 is 85.7 Å². The van der Waals surface area contributed by atoms with Gasteiger partial charge in [-0.3, -0.25) is 33.3 Å². The molecule has 64 heavy (non-hydrogen) atoms. The summed E-state index contributed by atoms with van der Waals surface area (Å²) in [5, 5.41) is 15.9. The third kappa shape index (κ3) is 7.66. The van der Waals surface area contributed by atoms with Crippen molar-refractivity contribution < 1.29 is 48.0 Å². The molecule has 0 bridgehead atoms. The molecule has 3 aromatic carbocycles. The molecule has 0 aliphatic heterocycles. The lowest BCUT2D eigenvalue weighted by Gasteiger charge is -2.23. The Hall–Kier alpha value is -6.56. The SMILES string of the molecule is Cn1nc(NS(C)(=O)=O)c2cccc(-c3cnc([C@H](Cc4cc(F)cc(F)c4)NC(=O)Cn4nc(C(F)F)c5c4C(F)(F)[C@@H]4C[C@H]54)c(-c4cccc5c(NS(C)(=O)=O)nn(C)c45)n3)c21. The van der Waals surface area contributed by atoms with Crippen LogP contribution >= 0.6 is 0 Å². The third-order valence-corrected chi connectivity index (χ3v) is 12.2. The molecule has 1 amide bonds. The van der Waals surface area contributed by atoms with Crippen molar-refractivity contribution in [2.75, 3.05) is 22.0 Å². The lowest BCUT2D eigenvalue weighted by molar-refractivity contribution is -0.123. The lowest BCUT2D eigenvalue weighted by Crippen LogP contribution is -2.35. The average molecular weight is 928 g/mol. The van der Waals surface area contributed by atoms with Crippen molar-refractivity contribution in [2.45, 2.75) is 43.7 Å². The minimum Gasteiger partial charge on any atom is -0.346 e. The fraction of sp³-hybridized carbons (Fsp3) is 0.300. The molecule has 0 spiro atoms. The molecule has 2 aliphatic rings. The van der Waals surface area contributed by atoms with Crippen LogP contribution in [0, 0.1) is 17.6 Å². The zero-order chi connectivity index (χ0) is 45.8. The third-order valence-electron chi connectivity index (χ3n) is 11.1. The Balaban J connectivity index is 1.23. The average Bonchev–Trinajstić information content (AvgIpc) is 3.60. The molecule has 3 atom stereocenters. The van der Waals surface area contributed by atoms with Crippen molar-refractivity contribution in [1.82, 2.24) is 44.6 Å². The number of hydrogen-bond donors (Lipinski definition) is 3. The van der Waals surface area contributed by atoms with Crippen LogP contribution in [0.3, 0.4) is 0 Å². The highest BCUT2D eigenvalue weighted by Gasteiger charge is 2.67. The maximum absolute atomic E-state index is 15.5. The Labute approximate surface area is 359 Å². The van der Waals surface area contributed by atoms with Crippen molar-refractivity contribution in [3.63, 3.8) is 0 Å². The second-order valence-electron chi connectivity index (χ2n) is 15.9. The second kappa shape index (κ2) is 15.0. The van der Waals surface area contributed by atoms with Crippen LogP contribution in [0.15, 0.2) is 60.8 Å². The topological polar surface area (TPSA) is 201 Å². The Morgan fingerprint density at radius 3 is 2.00 bits per heavy atom. The van der Waals surface area contributed by atoms with Gasteiger partial charge in [-0.2, -0.15) is 24.1 Å². The van der Waals surface area contributed by atoms with Gasteiger partial charge in [0.1, 0.15) is 29.6 Å². The summed E-state index contributed by atoms with van der Waals surface area (Å²) in [4.78, 5) is 23.9. The van der Waals surface area contributed by atoms with Crippen LogP contribution in [0.5, 0.6) is 0 Å². The largest absolute Gasteiger partial charge is 0.346 e.